The Bertz CT molecular complexity index is 519. The number of para-hydroxylation sites is 1. The Hall–Kier alpha value is -1.75. The van der Waals surface area contributed by atoms with Gasteiger partial charge in [-0.05, 0) is 32.4 Å². The maximum Gasteiger partial charge on any atom is 0.407 e. The molecule has 122 valence electrons. The standard InChI is InChI=1S/C17H26N2O3/c1-16(2,3)22-15(20)18-9-13-7-5-6-8-14(13)19-10-17(4)11-21-12-17/h5-8,19H,9-12H2,1-4H3,(H,18,20). The molecule has 0 saturated carbocycles. The topological polar surface area (TPSA) is 59.6 Å². The van der Waals surface area contributed by atoms with Crippen LogP contribution in [-0.4, -0.2) is 31.5 Å². The summed E-state index contributed by atoms with van der Waals surface area (Å²) in [6.07, 6.45) is -0.401. The van der Waals surface area contributed by atoms with Crippen LogP contribution < -0.4 is 10.6 Å². The monoisotopic (exact) mass is 306 g/mol. The minimum Gasteiger partial charge on any atom is -0.444 e. The van der Waals surface area contributed by atoms with Gasteiger partial charge in [0.05, 0.1) is 13.2 Å². The zero-order valence-corrected chi connectivity index (χ0v) is 13.9. The summed E-state index contributed by atoms with van der Waals surface area (Å²) in [5.41, 5.74) is 1.79. The lowest BCUT2D eigenvalue weighted by Crippen LogP contribution is -2.45. The van der Waals surface area contributed by atoms with Crippen LogP contribution in [0.1, 0.15) is 33.3 Å². The predicted molar refractivity (Wildman–Crippen MR) is 86.9 cm³/mol. The minimum atomic E-state index is -0.485. The number of benzene rings is 1. The Labute approximate surface area is 132 Å². The van der Waals surface area contributed by atoms with Gasteiger partial charge in [-0.1, -0.05) is 25.1 Å². The van der Waals surface area contributed by atoms with Gasteiger partial charge in [0.2, 0.25) is 0 Å². The highest BCUT2D eigenvalue weighted by molar-refractivity contribution is 5.68. The van der Waals surface area contributed by atoms with Crippen molar-refractivity contribution in [2.75, 3.05) is 25.1 Å². The van der Waals surface area contributed by atoms with Gasteiger partial charge in [-0.15, -0.1) is 0 Å². The molecular weight excluding hydrogens is 280 g/mol. The average molecular weight is 306 g/mol. The number of rotatable bonds is 5. The van der Waals surface area contributed by atoms with Crippen LogP contribution in [-0.2, 0) is 16.0 Å². The normalized spacial score (nSPS) is 16.5. The van der Waals surface area contributed by atoms with Crippen molar-refractivity contribution in [2.24, 2.45) is 5.41 Å². The van der Waals surface area contributed by atoms with Crippen LogP contribution in [0.2, 0.25) is 0 Å². The van der Waals surface area contributed by atoms with E-state index in [-0.39, 0.29) is 5.41 Å². The summed E-state index contributed by atoms with van der Waals surface area (Å²) in [5.74, 6) is 0. The number of ether oxygens (including phenoxy) is 2. The maximum absolute atomic E-state index is 11.7. The Morgan fingerprint density at radius 3 is 2.59 bits per heavy atom. The summed E-state index contributed by atoms with van der Waals surface area (Å²) in [6.45, 7) is 10.6. The van der Waals surface area contributed by atoms with E-state index in [1.807, 2.05) is 45.0 Å². The first kappa shape index (κ1) is 16.6. The number of alkyl carbamates (subject to hydrolysis) is 1. The molecule has 2 N–H and O–H groups in total. The molecule has 1 amide bonds. The molecule has 0 bridgehead atoms. The summed E-state index contributed by atoms with van der Waals surface area (Å²) in [6, 6.07) is 7.97. The first-order chi connectivity index (χ1) is 10.3. The number of hydrogen-bond donors (Lipinski definition) is 2. The molecule has 0 unspecified atom stereocenters. The number of hydrogen-bond acceptors (Lipinski definition) is 4. The largest absolute Gasteiger partial charge is 0.444 e. The van der Waals surface area contributed by atoms with Crippen LogP contribution in [0.25, 0.3) is 0 Å². The molecule has 0 radical (unpaired) electrons. The van der Waals surface area contributed by atoms with Crippen LogP contribution in [0, 0.1) is 5.41 Å². The molecule has 5 nitrogen and oxygen atoms in total. The molecule has 0 aliphatic carbocycles. The molecule has 22 heavy (non-hydrogen) atoms. The van der Waals surface area contributed by atoms with Gasteiger partial charge in [0, 0.05) is 24.2 Å². The smallest absolute Gasteiger partial charge is 0.407 e. The highest BCUT2D eigenvalue weighted by Crippen LogP contribution is 2.27. The Balaban J connectivity index is 1.89. The maximum atomic E-state index is 11.7. The lowest BCUT2D eigenvalue weighted by atomic mass is 9.88. The summed E-state index contributed by atoms with van der Waals surface area (Å²) < 4.78 is 10.5. The van der Waals surface area contributed by atoms with E-state index in [1.165, 1.54) is 0 Å². The number of carbonyl (C=O) groups excluding carboxylic acids is 1. The molecule has 1 fully saturated rings. The zero-order chi connectivity index (χ0) is 16.2. The van der Waals surface area contributed by atoms with Crippen molar-refractivity contribution in [1.82, 2.24) is 5.32 Å². The second-order valence-corrected chi connectivity index (χ2v) is 7.17. The van der Waals surface area contributed by atoms with Crippen molar-refractivity contribution in [3.05, 3.63) is 29.8 Å². The highest BCUT2D eigenvalue weighted by atomic mass is 16.6. The summed E-state index contributed by atoms with van der Waals surface area (Å²) in [5, 5.41) is 6.25. The third-order valence-electron chi connectivity index (χ3n) is 3.45. The van der Waals surface area contributed by atoms with Gasteiger partial charge in [0.1, 0.15) is 5.60 Å². The van der Waals surface area contributed by atoms with Crippen molar-refractivity contribution < 1.29 is 14.3 Å². The fourth-order valence-corrected chi connectivity index (χ4v) is 2.19. The van der Waals surface area contributed by atoms with E-state index >= 15 is 0 Å². The molecule has 2 rings (SSSR count). The quantitative estimate of drug-likeness (QED) is 0.877. The third-order valence-corrected chi connectivity index (χ3v) is 3.45. The zero-order valence-electron chi connectivity index (χ0n) is 13.9. The second-order valence-electron chi connectivity index (χ2n) is 7.17. The minimum absolute atomic E-state index is 0.200. The fourth-order valence-electron chi connectivity index (χ4n) is 2.19. The first-order valence-electron chi connectivity index (χ1n) is 7.64. The molecule has 1 saturated heterocycles. The molecule has 0 atom stereocenters. The van der Waals surface area contributed by atoms with Gasteiger partial charge in [-0.3, -0.25) is 0 Å². The molecule has 0 spiro atoms. The SMILES string of the molecule is CC1(CNc2ccccc2CNC(=O)OC(C)(C)C)COC1. The molecule has 1 aromatic carbocycles. The molecule has 1 aliphatic rings. The predicted octanol–water partition coefficient (Wildman–Crippen LogP) is 3.16. The summed E-state index contributed by atoms with van der Waals surface area (Å²) >= 11 is 0. The number of anilines is 1. The molecule has 1 heterocycles. The van der Waals surface area contributed by atoms with Crippen molar-refractivity contribution in [1.29, 1.82) is 0 Å². The van der Waals surface area contributed by atoms with E-state index < -0.39 is 11.7 Å². The van der Waals surface area contributed by atoms with Gasteiger partial charge in [-0.2, -0.15) is 0 Å². The van der Waals surface area contributed by atoms with E-state index in [1.54, 1.807) is 0 Å². The van der Waals surface area contributed by atoms with Gasteiger partial charge in [0.25, 0.3) is 0 Å². The second kappa shape index (κ2) is 6.57. The third kappa shape index (κ3) is 4.91. The Morgan fingerprint density at radius 2 is 2.00 bits per heavy atom. The first-order valence-corrected chi connectivity index (χ1v) is 7.64. The Kier molecular flexibility index (Phi) is 4.96. The van der Waals surface area contributed by atoms with Gasteiger partial charge in [0.15, 0.2) is 0 Å². The molecular formula is C17H26N2O3. The van der Waals surface area contributed by atoms with Gasteiger partial charge < -0.3 is 20.1 Å². The van der Waals surface area contributed by atoms with Crippen LogP contribution in [0.15, 0.2) is 24.3 Å². The van der Waals surface area contributed by atoms with Crippen molar-refractivity contribution >= 4 is 11.8 Å². The van der Waals surface area contributed by atoms with Crippen LogP contribution in [0.3, 0.4) is 0 Å². The van der Waals surface area contributed by atoms with Crippen molar-refractivity contribution in [3.63, 3.8) is 0 Å². The van der Waals surface area contributed by atoms with Gasteiger partial charge in [-0.25, -0.2) is 4.79 Å². The molecule has 1 aliphatic heterocycles. The van der Waals surface area contributed by atoms with E-state index in [9.17, 15) is 4.79 Å². The van der Waals surface area contributed by atoms with E-state index in [4.69, 9.17) is 9.47 Å². The number of nitrogens with one attached hydrogen (secondary N) is 2. The van der Waals surface area contributed by atoms with E-state index in [0.717, 1.165) is 31.0 Å². The van der Waals surface area contributed by atoms with Crippen molar-refractivity contribution in [2.45, 2.75) is 39.8 Å². The molecule has 0 aromatic heterocycles. The highest BCUT2D eigenvalue weighted by Gasteiger charge is 2.33. The summed E-state index contributed by atoms with van der Waals surface area (Å²) in [7, 11) is 0. The lowest BCUT2D eigenvalue weighted by molar-refractivity contribution is -0.0924. The fraction of sp³-hybridized carbons (Fsp3) is 0.588. The Morgan fingerprint density at radius 1 is 1.32 bits per heavy atom. The number of amides is 1. The van der Waals surface area contributed by atoms with Crippen LogP contribution >= 0.6 is 0 Å². The van der Waals surface area contributed by atoms with Crippen molar-refractivity contribution in [3.8, 4) is 0 Å². The van der Waals surface area contributed by atoms with Crippen LogP contribution in [0.4, 0.5) is 10.5 Å². The van der Waals surface area contributed by atoms with E-state index in [2.05, 4.69) is 17.6 Å². The summed E-state index contributed by atoms with van der Waals surface area (Å²) in [4.78, 5) is 11.7. The van der Waals surface area contributed by atoms with Gasteiger partial charge >= 0.3 is 6.09 Å². The molecule has 5 heteroatoms. The molecule has 1 aromatic rings. The lowest BCUT2D eigenvalue weighted by Gasteiger charge is -2.38. The average Bonchev–Trinajstić information content (AvgIpc) is 2.40. The number of carbonyl (C=O) groups is 1. The van der Waals surface area contributed by atoms with E-state index in [0.29, 0.717) is 6.54 Å². The van der Waals surface area contributed by atoms with Crippen LogP contribution in [0.5, 0.6) is 0 Å².